The Morgan fingerprint density at radius 2 is 1.96 bits per heavy atom. The van der Waals surface area contributed by atoms with E-state index < -0.39 is 5.54 Å². The van der Waals surface area contributed by atoms with Crippen LogP contribution in [0.25, 0.3) is 0 Å². The normalized spacial score (nSPS) is 23.0. The molecule has 1 amide bonds. The number of benzene rings is 1. The van der Waals surface area contributed by atoms with Gasteiger partial charge < -0.3 is 14.8 Å². The molecule has 0 aliphatic heterocycles. The first kappa shape index (κ1) is 19.6. The molecule has 0 saturated heterocycles. The summed E-state index contributed by atoms with van der Waals surface area (Å²) in [6.07, 6.45) is 4.25. The van der Waals surface area contributed by atoms with Gasteiger partial charge in [0.15, 0.2) is 0 Å². The van der Waals surface area contributed by atoms with Crippen LogP contribution in [0.3, 0.4) is 0 Å². The van der Waals surface area contributed by atoms with E-state index in [0.717, 1.165) is 19.3 Å². The Kier molecular flexibility index (Phi) is 6.71. The number of hydrogen-bond acceptors (Lipinski definition) is 4. The first-order chi connectivity index (χ1) is 11.9. The van der Waals surface area contributed by atoms with Crippen molar-refractivity contribution in [2.24, 2.45) is 5.92 Å². The molecule has 1 fully saturated rings. The van der Waals surface area contributed by atoms with Gasteiger partial charge in [-0.1, -0.05) is 31.0 Å². The monoisotopic (exact) mass is 367 g/mol. The van der Waals surface area contributed by atoms with E-state index >= 15 is 0 Å². The molecule has 1 aliphatic rings. The second-order valence-corrected chi connectivity index (χ2v) is 7.01. The number of methoxy groups -OCH3 is 2. The average Bonchev–Trinajstić information content (AvgIpc) is 2.63. The fraction of sp³-hybridized carbons (Fsp3) is 0.579. The van der Waals surface area contributed by atoms with Gasteiger partial charge in [0.25, 0.3) is 0 Å². The van der Waals surface area contributed by atoms with Crippen LogP contribution in [0.1, 0.15) is 44.6 Å². The number of ether oxygens (including phenoxy) is 2. The lowest BCUT2D eigenvalue weighted by atomic mass is 9.75. The summed E-state index contributed by atoms with van der Waals surface area (Å²) < 4.78 is 10.1. The van der Waals surface area contributed by atoms with Crippen LogP contribution in [-0.4, -0.2) is 31.6 Å². The molecule has 2 rings (SSSR count). The third-order valence-corrected chi connectivity index (χ3v) is 5.45. The maximum absolute atomic E-state index is 12.6. The molecule has 1 N–H and O–H groups in total. The Hall–Kier alpha value is -1.75. The number of rotatable bonds is 6. The summed E-state index contributed by atoms with van der Waals surface area (Å²) in [4.78, 5) is 24.9. The minimum Gasteiger partial charge on any atom is -0.497 e. The van der Waals surface area contributed by atoms with Crippen molar-refractivity contribution in [1.82, 2.24) is 5.32 Å². The van der Waals surface area contributed by atoms with Crippen molar-refractivity contribution in [3.8, 4) is 5.75 Å². The van der Waals surface area contributed by atoms with Gasteiger partial charge in [0.2, 0.25) is 5.91 Å². The largest absolute Gasteiger partial charge is 0.497 e. The highest BCUT2D eigenvalue weighted by molar-refractivity contribution is 6.31. The summed E-state index contributed by atoms with van der Waals surface area (Å²) in [5.41, 5.74) is -0.224. The number of halogens is 1. The molecule has 138 valence electrons. The molecular formula is C19H26ClNO4. The highest BCUT2D eigenvalue weighted by atomic mass is 35.5. The molecular weight excluding hydrogens is 342 g/mol. The van der Waals surface area contributed by atoms with Gasteiger partial charge in [0, 0.05) is 5.02 Å². The molecule has 0 heterocycles. The van der Waals surface area contributed by atoms with Gasteiger partial charge in [-0.25, -0.2) is 4.79 Å². The highest BCUT2D eigenvalue weighted by Gasteiger charge is 2.43. The Morgan fingerprint density at radius 1 is 1.28 bits per heavy atom. The van der Waals surface area contributed by atoms with Gasteiger partial charge in [-0.3, -0.25) is 4.79 Å². The Bertz CT molecular complexity index is 624. The molecule has 0 spiro atoms. The number of hydrogen-bond donors (Lipinski definition) is 1. The maximum atomic E-state index is 12.6. The molecule has 0 atom stereocenters. The Balaban J connectivity index is 2.08. The minimum absolute atomic E-state index is 0.110. The van der Waals surface area contributed by atoms with E-state index in [4.69, 9.17) is 21.1 Å². The lowest BCUT2D eigenvalue weighted by Gasteiger charge is -2.38. The molecule has 1 saturated carbocycles. The van der Waals surface area contributed by atoms with Crippen LogP contribution in [0, 0.1) is 5.92 Å². The number of carbonyl (C=O) groups excluding carboxylic acids is 2. The summed E-state index contributed by atoms with van der Waals surface area (Å²) in [5.74, 6) is 0.646. The van der Waals surface area contributed by atoms with Crippen LogP contribution < -0.4 is 10.1 Å². The van der Waals surface area contributed by atoms with Crippen molar-refractivity contribution in [1.29, 1.82) is 0 Å². The fourth-order valence-electron chi connectivity index (χ4n) is 3.44. The topological polar surface area (TPSA) is 64.6 Å². The summed E-state index contributed by atoms with van der Waals surface area (Å²) in [6, 6.07) is 5.20. The molecule has 5 nitrogen and oxygen atoms in total. The summed E-state index contributed by atoms with van der Waals surface area (Å²) in [5, 5.41) is 3.40. The molecule has 0 unspecified atom stereocenters. The molecule has 1 aromatic rings. The van der Waals surface area contributed by atoms with Gasteiger partial charge in [-0.2, -0.15) is 0 Å². The van der Waals surface area contributed by atoms with Crippen molar-refractivity contribution in [3.63, 3.8) is 0 Å². The summed E-state index contributed by atoms with van der Waals surface area (Å²) in [7, 11) is 2.92. The zero-order valence-electron chi connectivity index (χ0n) is 15.1. The molecule has 0 aromatic heterocycles. The van der Waals surface area contributed by atoms with E-state index in [0.29, 0.717) is 35.1 Å². The maximum Gasteiger partial charge on any atom is 0.331 e. The van der Waals surface area contributed by atoms with E-state index in [2.05, 4.69) is 12.2 Å². The summed E-state index contributed by atoms with van der Waals surface area (Å²) in [6.45, 7) is 2.15. The minimum atomic E-state index is -0.920. The smallest absolute Gasteiger partial charge is 0.331 e. The third-order valence-electron chi connectivity index (χ3n) is 5.10. The van der Waals surface area contributed by atoms with Gasteiger partial charge in [0.05, 0.1) is 20.6 Å². The van der Waals surface area contributed by atoms with Crippen LogP contribution in [-0.2, 0) is 20.7 Å². The second kappa shape index (κ2) is 8.56. The van der Waals surface area contributed by atoms with Crippen LogP contribution in [0.5, 0.6) is 5.75 Å². The van der Waals surface area contributed by atoms with Gasteiger partial charge in [-0.05, 0) is 49.3 Å². The number of amides is 1. The Morgan fingerprint density at radius 3 is 2.48 bits per heavy atom. The number of nitrogens with one attached hydrogen (secondary N) is 1. The highest BCUT2D eigenvalue weighted by Crippen LogP contribution is 2.35. The number of esters is 1. The molecule has 0 bridgehead atoms. The standard InChI is InChI=1S/C19H26ClNO4/c1-4-13-7-9-19(10-8-13,18(23)25-3)21-17(22)11-14-5-6-15(24-2)12-16(14)20/h5-6,12-13H,4,7-11H2,1-3H3,(H,21,22). The number of carbonyl (C=O) groups is 2. The quantitative estimate of drug-likeness (QED) is 0.781. The lowest BCUT2D eigenvalue weighted by molar-refractivity contribution is -0.153. The van der Waals surface area contributed by atoms with Gasteiger partial charge in [0.1, 0.15) is 11.3 Å². The second-order valence-electron chi connectivity index (χ2n) is 6.61. The first-order valence-electron chi connectivity index (χ1n) is 8.66. The van der Waals surface area contributed by atoms with E-state index in [1.54, 1.807) is 25.3 Å². The van der Waals surface area contributed by atoms with E-state index in [1.165, 1.54) is 7.11 Å². The molecule has 6 heteroatoms. The van der Waals surface area contributed by atoms with Crippen LogP contribution >= 0.6 is 11.6 Å². The SMILES string of the molecule is CCC1CCC(NC(=O)Cc2ccc(OC)cc2Cl)(C(=O)OC)CC1. The fourth-order valence-corrected chi connectivity index (χ4v) is 3.67. The molecule has 25 heavy (non-hydrogen) atoms. The van der Waals surface area contributed by atoms with Crippen molar-refractivity contribution in [2.45, 2.75) is 51.0 Å². The first-order valence-corrected chi connectivity index (χ1v) is 9.03. The van der Waals surface area contributed by atoms with Gasteiger partial charge in [-0.15, -0.1) is 0 Å². The van der Waals surface area contributed by atoms with Crippen molar-refractivity contribution in [2.75, 3.05) is 14.2 Å². The predicted molar refractivity (Wildman–Crippen MR) is 96.8 cm³/mol. The zero-order valence-corrected chi connectivity index (χ0v) is 15.8. The van der Waals surface area contributed by atoms with Crippen molar-refractivity contribution < 1.29 is 19.1 Å². The third kappa shape index (κ3) is 4.66. The molecule has 1 aliphatic carbocycles. The van der Waals surface area contributed by atoms with E-state index in [-0.39, 0.29) is 18.3 Å². The van der Waals surface area contributed by atoms with E-state index in [1.807, 2.05) is 0 Å². The Labute approximate surface area is 154 Å². The van der Waals surface area contributed by atoms with Crippen LogP contribution in [0.2, 0.25) is 5.02 Å². The average molecular weight is 368 g/mol. The zero-order chi connectivity index (χ0) is 18.4. The lowest BCUT2D eigenvalue weighted by Crippen LogP contribution is -2.57. The van der Waals surface area contributed by atoms with Crippen LogP contribution in [0.4, 0.5) is 0 Å². The summed E-state index contributed by atoms with van der Waals surface area (Å²) >= 11 is 6.21. The van der Waals surface area contributed by atoms with Crippen LogP contribution in [0.15, 0.2) is 18.2 Å². The van der Waals surface area contributed by atoms with Crippen molar-refractivity contribution in [3.05, 3.63) is 28.8 Å². The van der Waals surface area contributed by atoms with E-state index in [9.17, 15) is 9.59 Å². The van der Waals surface area contributed by atoms with Gasteiger partial charge >= 0.3 is 5.97 Å². The predicted octanol–water partition coefficient (Wildman–Crippen LogP) is 3.52. The molecule has 0 radical (unpaired) electrons. The van der Waals surface area contributed by atoms with Crippen molar-refractivity contribution >= 4 is 23.5 Å². The molecule has 1 aromatic carbocycles.